The van der Waals surface area contributed by atoms with Gasteiger partial charge in [0.25, 0.3) is 0 Å². The fraction of sp³-hybridized carbons (Fsp3) is 0.308. The third-order valence-electron chi connectivity index (χ3n) is 6.02. The summed E-state index contributed by atoms with van der Waals surface area (Å²) in [6.07, 6.45) is 3.15. The Morgan fingerprint density at radius 2 is 1.95 bits per heavy atom. The normalized spacial score (nSPS) is 12.8. The van der Waals surface area contributed by atoms with Crippen LogP contribution in [0.3, 0.4) is 0 Å². The number of hydrogen-bond acceptors (Lipinski definition) is 5. The Balaban J connectivity index is 1.98. The second-order valence-electron chi connectivity index (χ2n) is 8.57. The highest BCUT2D eigenvalue weighted by molar-refractivity contribution is 6.17. The number of nitrogens with zero attached hydrogens (tertiary/aromatic N) is 3. The van der Waals surface area contributed by atoms with Crippen LogP contribution in [-0.4, -0.2) is 34.3 Å². The monoisotopic (exact) mass is 528 g/mol. The number of benzene rings is 2. The number of alkyl halides is 1. The van der Waals surface area contributed by atoms with E-state index in [0.29, 0.717) is 42.1 Å². The van der Waals surface area contributed by atoms with Gasteiger partial charge in [-0.2, -0.15) is 4.98 Å². The van der Waals surface area contributed by atoms with Crippen LogP contribution in [0.25, 0.3) is 11.3 Å². The average molecular weight is 529 g/mol. The van der Waals surface area contributed by atoms with E-state index in [1.54, 1.807) is 12.1 Å². The van der Waals surface area contributed by atoms with Gasteiger partial charge in [0, 0.05) is 29.1 Å². The Kier molecular flexibility index (Phi) is 8.17. The summed E-state index contributed by atoms with van der Waals surface area (Å²) in [5, 5.41) is 5.75. The first-order valence-electron chi connectivity index (χ1n) is 12.0. The van der Waals surface area contributed by atoms with E-state index in [0.717, 1.165) is 35.4 Å². The molecular weight excluding hydrogens is 502 g/mol. The van der Waals surface area contributed by atoms with Crippen molar-refractivity contribution in [1.82, 2.24) is 15.3 Å². The maximum absolute atomic E-state index is 14.8. The summed E-state index contributed by atoms with van der Waals surface area (Å²) < 4.78 is 29.7. The van der Waals surface area contributed by atoms with Gasteiger partial charge in [-0.1, -0.05) is 25.5 Å². The van der Waals surface area contributed by atoms with Gasteiger partial charge >= 0.3 is 6.03 Å². The molecule has 1 aliphatic heterocycles. The van der Waals surface area contributed by atoms with Crippen LogP contribution in [0.5, 0.6) is 0 Å². The molecule has 2 aromatic carbocycles. The number of aromatic nitrogens is 2. The lowest BCUT2D eigenvalue weighted by Gasteiger charge is -2.31. The number of unbranched alkanes of at least 4 members (excludes halogenated alkanes) is 1. The Morgan fingerprint density at radius 1 is 1.19 bits per heavy atom. The molecule has 3 amide bonds. The molecule has 0 radical (unpaired) electrons. The fourth-order valence-corrected chi connectivity index (χ4v) is 4.31. The van der Waals surface area contributed by atoms with Crippen LogP contribution in [0.2, 0.25) is 0 Å². The van der Waals surface area contributed by atoms with Crippen molar-refractivity contribution in [2.75, 3.05) is 22.6 Å². The molecule has 4 rings (SSSR count). The number of carbonyl (C=O) groups excluding carboxylic acids is 2. The third kappa shape index (κ3) is 5.48. The number of hydrogen-bond donors (Lipinski definition) is 3. The van der Waals surface area contributed by atoms with Gasteiger partial charge in [0.05, 0.1) is 12.2 Å². The number of carbonyl (C=O) groups is 2. The van der Waals surface area contributed by atoms with Gasteiger partial charge < -0.3 is 16.4 Å². The number of anilines is 3. The zero-order valence-electron chi connectivity index (χ0n) is 20.3. The number of primary amides is 1. The first-order valence-corrected chi connectivity index (χ1v) is 12.5. The van der Waals surface area contributed by atoms with Crippen molar-refractivity contribution in [1.29, 1.82) is 0 Å². The molecule has 8 nitrogen and oxygen atoms in total. The highest BCUT2D eigenvalue weighted by atomic mass is 35.5. The van der Waals surface area contributed by atoms with Crippen LogP contribution in [0.1, 0.15) is 47.7 Å². The molecule has 1 aromatic heterocycles. The minimum Gasteiger partial charge on any atom is -0.366 e. The van der Waals surface area contributed by atoms with Gasteiger partial charge in [-0.25, -0.2) is 23.5 Å². The SMILES string of the molecule is CCCCc1ccc(C(N)=O)cc1-c1nc(NCCCCl)nc2c1CNC(=O)N2c1c(F)cccc1F. The lowest BCUT2D eigenvalue weighted by Crippen LogP contribution is -2.43. The minimum absolute atomic E-state index is 0.0199. The fourth-order valence-electron chi connectivity index (χ4n) is 4.17. The number of aryl methyl sites for hydroxylation is 1. The smallest absolute Gasteiger partial charge is 0.328 e. The highest BCUT2D eigenvalue weighted by Gasteiger charge is 2.34. The zero-order valence-corrected chi connectivity index (χ0v) is 21.0. The molecule has 11 heteroatoms. The number of nitrogens with one attached hydrogen (secondary N) is 2. The van der Waals surface area contributed by atoms with E-state index in [1.165, 1.54) is 6.07 Å². The van der Waals surface area contributed by atoms with E-state index >= 15 is 0 Å². The number of para-hydroxylation sites is 1. The lowest BCUT2D eigenvalue weighted by atomic mass is 9.94. The molecule has 3 aromatic rings. The number of nitrogens with two attached hydrogens (primary N) is 1. The number of fused-ring (bicyclic) bond motifs is 1. The van der Waals surface area contributed by atoms with Crippen LogP contribution < -0.4 is 21.3 Å². The van der Waals surface area contributed by atoms with Crippen LogP contribution in [0.4, 0.5) is 31.0 Å². The standard InChI is InChI=1S/C26H27ClF2N6O2/c1-2-3-6-15-9-10-16(23(30)36)13-17(15)21-18-14-32-26(37)35(22-19(28)7-4-8-20(22)29)24(18)34-25(33-21)31-12-5-11-27/h4,7-10,13H,2-3,5-6,11-12,14H2,1H3,(H2,30,36)(H,32,37)(H,31,33,34). The van der Waals surface area contributed by atoms with Crippen molar-refractivity contribution < 1.29 is 18.4 Å². The Hall–Kier alpha value is -3.79. The van der Waals surface area contributed by atoms with Gasteiger partial charge in [0.1, 0.15) is 17.3 Å². The van der Waals surface area contributed by atoms with E-state index in [-0.39, 0.29) is 23.9 Å². The predicted octanol–water partition coefficient (Wildman–Crippen LogP) is 5.27. The van der Waals surface area contributed by atoms with Crippen LogP contribution in [0.15, 0.2) is 36.4 Å². The van der Waals surface area contributed by atoms with Crippen molar-refractivity contribution in [3.63, 3.8) is 0 Å². The molecule has 4 N–H and O–H groups in total. The summed E-state index contributed by atoms with van der Waals surface area (Å²) in [6, 6.07) is 7.77. The zero-order chi connectivity index (χ0) is 26.5. The van der Waals surface area contributed by atoms with Gasteiger partial charge in [-0.05, 0) is 49.1 Å². The van der Waals surface area contributed by atoms with E-state index in [1.807, 2.05) is 6.07 Å². The maximum Gasteiger partial charge on any atom is 0.328 e. The molecular formula is C26H27ClF2N6O2. The topological polar surface area (TPSA) is 113 Å². The van der Waals surface area contributed by atoms with Gasteiger partial charge in [0.2, 0.25) is 11.9 Å². The summed E-state index contributed by atoms with van der Waals surface area (Å²) in [7, 11) is 0. The number of urea groups is 1. The molecule has 0 aliphatic carbocycles. The summed E-state index contributed by atoms with van der Waals surface area (Å²) in [6.45, 7) is 2.53. The number of rotatable bonds is 10. The van der Waals surface area contributed by atoms with E-state index in [4.69, 9.17) is 22.3 Å². The summed E-state index contributed by atoms with van der Waals surface area (Å²) >= 11 is 5.81. The first-order chi connectivity index (χ1) is 17.8. The molecule has 0 spiro atoms. The number of amides is 3. The predicted molar refractivity (Wildman–Crippen MR) is 139 cm³/mol. The van der Waals surface area contributed by atoms with E-state index in [9.17, 15) is 18.4 Å². The molecule has 0 atom stereocenters. The van der Waals surface area contributed by atoms with Gasteiger partial charge in [0.15, 0.2) is 5.82 Å². The summed E-state index contributed by atoms with van der Waals surface area (Å²) in [4.78, 5) is 35.0. The first kappa shape index (κ1) is 26.3. The Bertz CT molecular complexity index is 1320. The lowest BCUT2D eigenvalue weighted by molar-refractivity contribution is 0.1000. The molecule has 0 unspecified atom stereocenters. The maximum atomic E-state index is 14.8. The van der Waals surface area contributed by atoms with Gasteiger partial charge in [-0.15, -0.1) is 11.6 Å². The molecule has 1 aliphatic rings. The summed E-state index contributed by atoms with van der Waals surface area (Å²) in [5.74, 6) is -1.84. The molecule has 0 fully saturated rings. The molecule has 2 heterocycles. The number of halogens is 3. The third-order valence-corrected chi connectivity index (χ3v) is 6.29. The molecule has 0 saturated carbocycles. The van der Waals surface area contributed by atoms with Crippen molar-refractivity contribution in [3.05, 3.63) is 64.7 Å². The van der Waals surface area contributed by atoms with Crippen molar-refractivity contribution in [2.24, 2.45) is 5.73 Å². The van der Waals surface area contributed by atoms with E-state index < -0.39 is 29.3 Å². The van der Waals surface area contributed by atoms with E-state index in [2.05, 4.69) is 22.5 Å². The Labute approximate surface area is 218 Å². The van der Waals surface area contributed by atoms with Crippen LogP contribution in [-0.2, 0) is 13.0 Å². The molecule has 194 valence electrons. The Morgan fingerprint density at radius 3 is 2.62 bits per heavy atom. The second-order valence-corrected chi connectivity index (χ2v) is 8.95. The largest absolute Gasteiger partial charge is 0.366 e. The van der Waals surface area contributed by atoms with Crippen molar-refractivity contribution >= 4 is 41.0 Å². The van der Waals surface area contributed by atoms with Crippen molar-refractivity contribution in [2.45, 2.75) is 39.2 Å². The molecule has 0 bridgehead atoms. The van der Waals surface area contributed by atoms with Crippen LogP contribution in [0, 0.1) is 11.6 Å². The van der Waals surface area contributed by atoms with Crippen LogP contribution >= 0.6 is 11.6 Å². The van der Waals surface area contributed by atoms with Gasteiger partial charge in [-0.3, -0.25) is 4.79 Å². The average Bonchev–Trinajstić information content (AvgIpc) is 2.88. The summed E-state index contributed by atoms with van der Waals surface area (Å²) in [5.41, 5.74) is 7.73. The van der Waals surface area contributed by atoms with Crippen molar-refractivity contribution in [3.8, 4) is 11.3 Å². The quantitative estimate of drug-likeness (QED) is 0.245. The second kappa shape index (κ2) is 11.5. The molecule has 37 heavy (non-hydrogen) atoms. The molecule has 0 saturated heterocycles. The minimum atomic E-state index is -0.917. The highest BCUT2D eigenvalue weighted by Crippen LogP contribution is 2.39.